The number of rotatable bonds is 5. The number of hydrogen-bond donors (Lipinski definition) is 2. The molecular formula is C20H19N5OS2. The lowest BCUT2D eigenvalue weighted by atomic mass is 10.2. The zero-order valence-electron chi connectivity index (χ0n) is 15.4. The fraction of sp³-hybridized carbons (Fsp3) is 0.100. The second-order valence-corrected chi connectivity index (χ2v) is 7.18. The lowest BCUT2D eigenvalue weighted by Gasteiger charge is -2.17. The Labute approximate surface area is 172 Å². The highest BCUT2D eigenvalue weighted by atomic mass is 32.1. The molecule has 2 aromatic carbocycles. The number of hydrazone groups is 1. The quantitative estimate of drug-likeness (QED) is 0.370. The number of nitrogens with zero attached hydrogens (tertiary/aromatic N) is 3. The Kier molecular flexibility index (Phi) is 6.46. The Hall–Kier alpha value is -3.10. The zero-order valence-corrected chi connectivity index (χ0v) is 17.1. The van der Waals surface area contributed by atoms with Gasteiger partial charge in [0.2, 0.25) is 5.91 Å². The standard InChI is InChI=1S/C20H19N5OS2/c1-14-8-10-16(11-9-14)22-19(27)24-21-12-17-13-28-20(23-17)25(15(2)26)18-6-4-3-5-7-18/h3-13H,1-2H3,(H2,22,24,27)/b21-12-. The minimum atomic E-state index is -0.106. The fourth-order valence-corrected chi connectivity index (χ4v) is 3.40. The average molecular weight is 410 g/mol. The van der Waals surface area contributed by atoms with E-state index in [1.54, 1.807) is 11.1 Å². The van der Waals surface area contributed by atoms with Crippen molar-refractivity contribution < 1.29 is 4.79 Å². The molecule has 0 atom stereocenters. The van der Waals surface area contributed by atoms with Crippen molar-refractivity contribution in [2.45, 2.75) is 13.8 Å². The van der Waals surface area contributed by atoms with Crippen LogP contribution in [0, 0.1) is 6.92 Å². The molecule has 0 spiro atoms. The van der Waals surface area contributed by atoms with E-state index in [1.807, 2.05) is 66.9 Å². The fourth-order valence-electron chi connectivity index (χ4n) is 2.40. The molecule has 0 bridgehead atoms. The van der Waals surface area contributed by atoms with E-state index in [4.69, 9.17) is 12.2 Å². The monoisotopic (exact) mass is 409 g/mol. The molecule has 0 saturated heterocycles. The second kappa shape index (κ2) is 9.20. The van der Waals surface area contributed by atoms with Gasteiger partial charge in [0.15, 0.2) is 10.2 Å². The lowest BCUT2D eigenvalue weighted by molar-refractivity contribution is -0.115. The van der Waals surface area contributed by atoms with Crippen LogP contribution in [0.25, 0.3) is 0 Å². The number of hydrogen-bond acceptors (Lipinski definition) is 5. The molecule has 0 fully saturated rings. The average Bonchev–Trinajstić information content (AvgIpc) is 3.12. The number of thiazole rings is 1. The number of amides is 1. The predicted octanol–water partition coefficient (Wildman–Crippen LogP) is 4.46. The molecule has 1 aromatic heterocycles. The van der Waals surface area contributed by atoms with Gasteiger partial charge < -0.3 is 5.32 Å². The van der Waals surface area contributed by atoms with Crippen LogP contribution in [0.4, 0.5) is 16.5 Å². The number of carbonyl (C=O) groups excluding carboxylic acids is 1. The van der Waals surface area contributed by atoms with Crippen molar-refractivity contribution in [1.29, 1.82) is 0 Å². The van der Waals surface area contributed by atoms with Crippen molar-refractivity contribution in [1.82, 2.24) is 10.4 Å². The number of benzene rings is 2. The van der Waals surface area contributed by atoms with E-state index < -0.39 is 0 Å². The van der Waals surface area contributed by atoms with Crippen LogP contribution < -0.4 is 15.6 Å². The minimum absolute atomic E-state index is 0.106. The van der Waals surface area contributed by atoms with Crippen molar-refractivity contribution >= 4 is 57.3 Å². The van der Waals surface area contributed by atoms with Gasteiger partial charge in [0.1, 0.15) is 0 Å². The summed E-state index contributed by atoms with van der Waals surface area (Å²) in [5.74, 6) is -0.106. The molecule has 0 saturated carbocycles. The maximum atomic E-state index is 12.1. The van der Waals surface area contributed by atoms with E-state index in [2.05, 4.69) is 20.8 Å². The van der Waals surface area contributed by atoms with Gasteiger partial charge in [-0.15, -0.1) is 11.3 Å². The van der Waals surface area contributed by atoms with Crippen LogP contribution in [0.1, 0.15) is 18.2 Å². The van der Waals surface area contributed by atoms with Crippen molar-refractivity contribution in [3.8, 4) is 0 Å². The van der Waals surface area contributed by atoms with Crippen molar-refractivity contribution in [2.24, 2.45) is 5.10 Å². The van der Waals surface area contributed by atoms with Crippen LogP contribution in [0.2, 0.25) is 0 Å². The third kappa shape index (κ3) is 5.21. The zero-order chi connectivity index (χ0) is 19.9. The molecule has 28 heavy (non-hydrogen) atoms. The van der Waals surface area contributed by atoms with Gasteiger partial charge >= 0.3 is 0 Å². The van der Waals surface area contributed by atoms with Gasteiger partial charge in [-0.1, -0.05) is 35.9 Å². The number of nitrogens with one attached hydrogen (secondary N) is 2. The molecule has 1 amide bonds. The molecule has 3 aromatic rings. The third-order valence-corrected chi connectivity index (χ3v) is 4.74. The van der Waals surface area contributed by atoms with Gasteiger partial charge in [-0.05, 0) is 43.4 Å². The summed E-state index contributed by atoms with van der Waals surface area (Å²) in [6.45, 7) is 3.54. The van der Waals surface area contributed by atoms with Gasteiger partial charge in [-0.25, -0.2) is 4.98 Å². The van der Waals surface area contributed by atoms with Crippen molar-refractivity contribution in [3.63, 3.8) is 0 Å². The third-order valence-electron chi connectivity index (χ3n) is 3.70. The van der Waals surface area contributed by atoms with Gasteiger partial charge in [-0.3, -0.25) is 15.1 Å². The highest BCUT2D eigenvalue weighted by Gasteiger charge is 2.17. The van der Waals surface area contributed by atoms with Gasteiger partial charge in [0.25, 0.3) is 0 Å². The number of aryl methyl sites for hydroxylation is 1. The normalized spacial score (nSPS) is 10.6. The molecule has 6 nitrogen and oxygen atoms in total. The topological polar surface area (TPSA) is 69.6 Å². The molecule has 3 rings (SSSR count). The van der Waals surface area contributed by atoms with E-state index in [-0.39, 0.29) is 5.91 Å². The summed E-state index contributed by atoms with van der Waals surface area (Å²) in [5.41, 5.74) is 6.23. The molecule has 0 aliphatic carbocycles. The Morgan fingerprint density at radius 3 is 2.57 bits per heavy atom. The summed E-state index contributed by atoms with van der Waals surface area (Å²) < 4.78 is 0. The molecule has 142 valence electrons. The Bertz CT molecular complexity index is 983. The van der Waals surface area contributed by atoms with Gasteiger partial charge in [-0.2, -0.15) is 5.10 Å². The molecule has 0 unspecified atom stereocenters. The highest BCUT2D eigenvalue weighted by Crippen LogP contribution is 2.28. The maximum absolute atomic E-state index is 12.1. The first-order chi connectivity index (χ1) is 13.5. The number of thiocarbonyl (C=S) groups is 1. The summed E-state index contributed by atoms with van der Waals surface area (Å²) in [4.78, 5) is 18.1. The van der Waals surface area contributed by atoms with Crippen molar-refractivity contribution in [2.75, 3.05) is 10.2 Å². The van der Waals surface area contributed by atoms with E-state index in [1.165, 1.54) is 23.8 Å². The number of aromatic nitrogens is 1. The van der Waals surface area contributed by atoms with E-state index in [9.17, 15) is 4.79 Å². The summed E-state index contributed by atoms with van der Waals surface area (Å²) in [6.07, 6.45) is 1.56. The van der Waals surface area contributed by atoms with Crippen LogP contribution in [0.5, 0.6) is 0 Å². The maximum Gasteiger partial charge on any atom is 0.230 e. The first-order valence-corrected chi connectivity index (χ1v) is 9.80. The summed E-state index contributed by atoms with van der Waals surface area (Å²) in [5, 5.41) is 9.95. The molecular weight excluding hydrogens is 390 g/mol. The molecule has 0 aliphatic rings. The van der Waals surface area contributed by atoms with Gasteiger partial charge in [0.05, 0.1) is 17.6 Å². The van der Waals surface area contributed by atoms with Crippen LogP contribution in [-0.2, 0) is 4.79 Å². The van der Waals surface area contributed by atoms with Crippen LogP contribution in [-0.4, -0.2) is 22.2 Å². The van der Waals surface area contributed by atoms with Crippen LogP contribution in [0.15, 0.2) is 65.1 Å². The number of carbonyl (C=O) groups is 1. The van der Waals surface area contributed by atoms with Gasteiger partial charge in [0, 0.05) is 18.0 Å². The van der Waals surface area contributed by atoms with E-state index >= 15 is 0 Å². The summed E-state index contributed by atoms with van der Waals surface area (Å²) in [7, 11) is 0. The molecule has 0 radical (unpaired) electrons. The first-order valence-electron chi connectivity index (χ1n) is 8.51. The highest BCUT2D eigenvalue weighted by molar-refractivity contribution is 7.80. The molecule has 2 N–H and O–H groups in total. The van der Waals surface area contributed by atoms with Crippen LogP contribution in [0.3, 0.4) is 0 Å². The Morgan fingerprint density at radius 1 is 1.18 bits per heavy atom. The lowest BCUT2D eigenvalue weighted by Crippen LogP contribution is -2.24. The predicted molar refractivity (Wildman–Crippen MR) is 120 cm³/mol. The first kappa shape index (κ1) is 19.7. The van der Waals surface area contributed by atoms with E-state index in [0.29, 0.717) is 15.9 Å². The van der Waals surface area contributed by atoms with Crippen molar-refractivity contribution in [3.05, 3.63) is 71.2 Å². The number of anilines is 3. The van der Waals surface area contributed by atoms with Crippen LogP contribution >= 0.6 is 23.6 Å². The van der Waals surface area contributed by atoms with E-state index in [0.717, 1.165) is 11.4 Å². The smallest absolute Gasteiger partial charge is 0.230 e. The summed E-state index contributed by atoms with van der Waals surface area (Å²) >= 11 is 6.59. The Balaban J connectivity index is 1.62. The molecule has 0 aliphatic heterocycles. The largest absolute Gasteiger partial charge is 0.331 e. The summed E-state index contributed by atoms with van der Waals surface area (Å²) in [6, 6.07) is 17.3. The molecule has 8 heteroatoms. The Morgan fingerprint density at radius 2 is 1.89 bits per heavy atom. The SMILES string of the molecule is CC(=O)N(c1ccccc1)c1nc(/C=N\NC(=S)Nc2ccc(C)cc2)cs1. The molecule has 1 heterocycles. The second-order valence-electron chi connectivity index (χ2n) is 5.94. The number of para-hydroxylation sites is 1. The minimum Gasteiger partial charge on any atom is -0.331 e.